The summed E-state index contributed by atoms with van der Waals surface area (Å²) >= 11 is 0. The molecule has 1 aliphatic rings. The van der Waals surface area contributed by atoms with Gasteiger partial charge in [0.1, 0.15) is 5.82 Å². The smallest absolute Gasteiger partial charge is 0.338 e. The fourth-order valence-corrected chi connectivity index (χ4v) is 2.77. The first kappa shape index (κ1) is 17.1. The number of hydrogen-bond donors (Lipinski definition) is 1. The molecule has 0 aliphatic carbocycles. The second kappa shape index (κ2) is 5.76. The molecule has 1 unspecified atom stereocenters. The normalized spacial score (nSPS) is 21.3. The lowest BCUT2D eigenvalue weighted by molar-refractivity contribution is 0.0526. The Balaban J connectivity index is 2.41. The second-order valence-electron chi connectivity index (χ2n) is 7.07. The molecule has 1 aliphatic heterocycles. The van der Waals surface area contributed by atoms with Crippen molar-refractivity contribution in [3.8, 4) is 0 Å². The van der Waals surface area contributed by atoms with Gasteiger partial charge in [-0.2, -0.15) is 0 Å². The molecular weight excluding hydrogens is 288 g/mol. The number of hydrogen-bond acceptors (Lipinski definition) is 4. The van der Waals surface area contributed by atoms with E-state index in [-0.39, 0.29) is 16.8 Å². The van der Waals surface area contributed by atoms with Crippen LogP contribution in [0.3, 0.4) is 0 Å². The Labute approximate surface area is 138 Å². The fourth-order valence-electron chi connectivity index (χ4n) is 2.77. The number of carbonyl (C=O) groups excluding carboxylic acids is 1. The molecule has 1 aromatic rings. The monoisotopic (exact) mass is 314 g/mol. The van der Waals surface area contributed by atoms with Gasteiger partial charge >= 0.3 is 5.97 Å². The highest BCUT2D eigenvalue weighted by Crippen LogP contribution is 2.51. The molecule has 2 rings (SSSR count). The molecule has 23 heavy (non-hydrogen) atoms. The Bertz CT molecular complexity index is 670. The Morgan fingerprint density at radius 2 is 2.04 bits per heavy atom. The van der Waals surface area contributed by atoms with Gasteiger partial charge in [0.25, 0.3) is 0 Å². The Morgan fingerprint density at radius 3 is 2.57 bits per heavy atom. The summed E-state index contributed by atoms with van der Waals surface area (Å²) in [6, 6.07) is 7.28. The lowest BCUT2D eigenvalue weighted by Gasteiger charge is -2.39. The molecule has 0 aromatic heterocycles. The molecule has 0 spiro atoms. The highest BCUT2D eigenvalue weighted by Gasteiger charge is 2.45. The van der Waals surface area contributed by atoms with E-state index in [0.717, 1.165) is 11.4 Å². The first-order chi connectivity index (χ1) is 10.6. The predicted octanol–water partition coefficient (Wildman–Crippen LogP) is 4.05. The molecule has 0 bridgehead atoms. The average molecular weight is 314 g/mol. The van der Waals surface area contributed by atoms with Gasteiger partial charge in [-0.15, -0.1) is 0 Å². The number of nitrogens with zero attached hydrogens (tertiary/aromatic N) is 1. The number of allylic oxidation sites excluding steroid dienone is 1. The minimum absolute atomic E-state index is 0.0256. The summed E-state index contributed by atoms with van der Waals surface area (Å²) in [5.74, 6) is 0.300. The van der Waals surface area contributed by atoms with E-state index in [0.29, 0.717) is 18.0 Å². The molecule has 0 radical (unpaired) electrons. The van der Waals surface area contributed by atoms with E-state index >= 15 is 0 Å². The van der Waals surface area contributed by atoms with Crippen molar-refractivity contribution in [2.75, 3.05) is 11.5 Å². The van der Waals surface area contributed by atoms with Gasteiger partial charge in [-0.05, 0) is 43.5 Å². The van der Waals surface area contributed by atoms with Crippen molar-refractivity contribution in [2.24, 2.45) is 16.6 Å². The zero-order valence-corrected chi connectivity index (χ0v) is 14.6. The molecular formula is C19H26N2O2. The van der Waals surface area contributed by atoms with Gasteiger partial charge in [-0.1, -0.05) is 33.4 Å². The van der Waals surface area contributed by atoms with Crippen LogP contribution in [0.15, 0.2) is 48.4 Å². The lowest BCUT2D eigenvalue weighted by Crippen LogP contribution is -2.34. The number of rotatable bonds is 3. The van der Waals surface area contributed by atoms with Gasteiger partial charge in [0, 0.05) is 16.8 Å². The summed E-state index contributed by atoms with van der Waals surface area (Å²) in [4.78, 5) is 13.9. The summed E-state index contributed by atoms with van der Waals surface area (Å²) in [7, 11) is 0. The maximum Gasteiger partial charge on any atom is 0.338 e. The van der Waals surface area contributed by atoms with Crippen LogP contribution in [0.4, 0.5) is 5.69 Å². The maximum absolute atomic E-state index is 12.0. The topological polar surface area (TPSA) is 55.6 Å². The molecule has 124 valence electrons. The fraction of sp³-hybridized carbons (Fsp3) is 0.421. The summed E-state index contributed by atoms with van der Waals surface area (Å²) in [6.45, 7) is 15.1. The molecule has 0 saturated heterocycles. The molecule has 2 N–H and O–H groups in total. The standard InChI is InChI=1S/C19H26N2O2/c1-7-23-17(22)14-9-8-10-15(11-14)21-13(2)19(6,12-16(21)20)18(3,4)5/h8-12H,2,7,20H2,1,3-6H3. The Hall–Kier alpha value is -2.23. The number of benzene rings is 1. The van der Waals surface area contributed by atoms with Crippen LogP contribution >= 0.6 is 0 Å². The molecule has 1 heterocycles. The molecule has 0 saturated carbocycles. The zero-order chi connectivity index (χ0) is 17.4. The van der Waals surface area contributed by atoms with Crippen molar-refractivity contribution in [1.29, 1.82) is 0 Å². The summed E-state index contributed by atoms with van der Waals surface area (Å²) in [5, 5.41) is 0. The van der Waals surface area contributed by atoms with Crippen molar-refractivity contribution in [3.05, 3.63) is 54.0 Å². The lowest BCUT2D eigenvalue weighted by atomic mass is 9.67. The second-order valence-corrected chi connectivity index (χ2v) is 7.07. The predicted molar refractivity (Wildman–Crippen MR) is 93.8 cm³/mol. The van der Waals surface area contributed by atoms with Gasteiger partial charge < -0.3 is 15.4 Å². The Morgan fingerprint density at radius 1 is 1.39 bits per heavy atom. The van der Waals surface area contributed by atoms with Crippen molar-refractivity contribution < 1.29 is 9.53 Å². The van der Waals surface area contributed by atoms with Crippen LogP contribution in [0.2, 0.25) is 0 Å². The molecule has 4 nitrogen and oxygen atoms in total. The SMILES string of the molecule is C=C1N(c2cccc(C(=O)OCC)c2)C(N)=CC1(C)C(C)(C)C. The largest absolute Gasteiger partial charge is 0.462 e. The molecule has 1 aromatic carbocycles. The molecule has 0 fully saturated rings. The third-order valence-corrected chi connectivity index (χ3v) is 4.74. The number of carbonyl (C=O) groups is 1. The first-order valence-corrected chi connectivity index (χ1v) is 7.87. The van der Waals surface area contributed by atoms with Crippen LogP contribution in [-0.4, -0.2) is 12.6 Å². The highest BCUT2D eigenvalue weighted by molar-refractivity contribution is 5.91. The molecule has 1 atom stereocenters. The van der Waals surface area contributed by atoms with Gasteiger partial charge in [0.15, 0.2) is 0 Å². The van der Waals surface area contributed by atoms with Gasteiger partial charge in [0.2, 0.25) is 0 Å². The highest BCUT2D eigenvalue weighted by atomic mass is 16.5. The van der Waals surface area contributed by atoms with Crippen molar-refractivity contribution >= 4 is 11.7 Å². The van der Waals surface area contributed by atoms with Crippen molar-refractivity contribution in [2.45, 2.75) is 34.6 Å². The number of anilines is 1. The van der Waals surface area contributed by atoms with Crippen LogP contribution in [-0.2, 0) is 4.74 Å². The van der Waals surface area contributed by atoms with E-state index in [9.17, 15) is 4.79 Å². The number of nitrogens with two attached hydrogens (primary N) is 1. The summed E-state index contributed by atoms with van der Waals surface area (Å²) in [6.07, 6.45) is 2.05. The van der Waals surface area contributed by atoms with Gasteiger partial charge in [-0.3, -0.25) is 0 Å². The van der Waals surface area contributed by atoms with Gasteiger partial charge in [-0.25, -0.2) is 4.79 Å². The zero-order valence-electron chi connectivity index (χ0n) is 14.6. The molecule has 4 heteroatoms. The average Bonchev–Trinajstić information content (AvgIpc) is 2.70. The van der Waals surface area contributed by atoms with Crippen molar-refractivity contribution in [3.63, 3.8) is 0 Å². The van der Waals surface area contributed by atoms with Crippen LogP contribution in [0.25, 0.3) is 0 Å². The van der Waals surface area contributed by atoms with Crippen LogP contribution < -0.4 is 10.6 Å². The third kappa shape index (κ3) is 2.85. The summed E-state index contributed by atoms with van der Waals surface area (Å²) < 4.78 is 5.07. The van der Waals surface area contributed by atoms with Crippen LogP contribution in [0.5, 0.6) is 0 Å². The quantitative estimate of drug-likeness (QED) is 0.855. The minimum atomic E-state index is -0.333. The van der Waals surface area contributed by atoms with Crippen molar-refractivity contribution in [1.82, 2.24) is 0 Å². The van der Waals surface area contributed by atoms with E-state index < -0.39 is 0 Å². The number of ether oxygens (including phenoxy) is 1. The minimum Gasteiger partial charge on any atom is -0.462 e. The van der Waals surface area contributed by atoms with E-state index in [1.807, 2.05) is 23.1 Å². The maximum atomic E-state index is 12.0. The number of esters is 1. The molecule has 0 amide bonds. The Kier molecular flexibility index (Phi) is 4.29. The first-order valence-electron chi connectivity index (χ1n) is 7.87. The van der Waals surface area contributed by atoms with E-state index in [2.05, 4.69) is 34.3 Å². The third-order valence-electron chi connectivity index (χ3n) is 4.74. The van der Waals surface area contributed by atoms with Crippen LogP contribution in [0, 0.1) is 10.8 Å². The van der Waals surface area contributed by atoms with E-state index in [1.165, 1.54) is 0 Å². The van der Waals surface area contributed by atoms with Crippen LogP contribution in [0.1, 0.15) is 45.0 Å². The van der Waals surface area contributed by atoms with E-state index in [1.54, 1.807) is 19.1 Å². The van der Waals surface area contributed by atoms with Gasteiger partial charge in [0.05, 0.1) is 12.2 Å². The summed E-state index contributed by atoms with van der Waals surface area (Å²) in [5.41, 5.74) is 8.23. The van der Waals surface area contributed by atoms with E-state index in [4.69, 9.17) is 10.5 Å².